The molecule has 16 heavy (non-hydrogen) atoms. The number of para-hydroxylation sites is 1. The Hall–Kier alpha value is -1.84. The molecule has 2 heterocycles. The van der Waals surface area contributed by atoms with Gasteiger partial charge in [-0.3, -0.25) is 13.9 Å². The van der Waals surface area contributed by atoms with Crippen molar-refractivity contribution in [3.63, 3.8) is 0 Å². The SMILES string of the molecule is CCn1c(=O)c2cccc3c2n(c1=O)CC3. The predicted octanol–water partition coefficient (Wildman–Crippen LogP) is 0.739. The third-order valence-corrected chi connectivity index (χ3v) is 3.25. The van der Waals surface area contributed by atoms with E-state index in [2.05, 4.69) is 0 Å². The fourth-order valence-electron chi connectivity index (χ4n) is 2.48. The first-order chi connectivity index (χ1) is 7.74. The lowest BCUT2D eigenvalue weighted by atomic mass is 10.1. The zero-order valence-electron chi connectivity index (χ0n) is 9.06. The van der Waals surface area contributed by atoms with Crippen molar-refractivity contribution < 1.29 is 0 Å². The highest BCUT2D eigenvalue weighted by Crippen LogP contribution is 2.20. The second-order valence-electron chi connectivity index (χ2n) is 4.05. The van der Waals surface area contributed by atoms with Crippen LogP contribution in [0.4, 0.5) is 0 Å². The van der Waals surface area contributed by atoms with Crippen LogP contribution in [0.1, 0.15) is 12.5 Å². The molecule has 0 bridgehead atoms. The van der Waals surface area contributed by atoms with Crippen LogP contribution in [-0.2, 0) is 19.5 Å². The van der Waals surface area contributed by atoms with E-state index in [4.69, 9.17) is 0 Å². The predicted molar refractivity (Wildman–Crippen MR) is 61.8 cm³/mol. The number of benzene rings is 1. The summed E-state index contributed by atoms with van der Waals surface area (Å²) in [4.78, 5) is 24.1. The molecule has 0 radical (unpaired) electrons. The highest BCUT2D eigenvalue weighted by molar-refractivity contribution is 5.82. The maximum Gasteiger partial charge on any atom is 0.331 e. The second kappa shape index (κ2) is 3.07. The highest BCUT2D eigenvalue weighted by Gasteiger charge is 2.19. The van der Waals surface area contributed by atoms with Crippen LogP contribution in [-0.4, -0.2) is 9.13 Å². The Labute approximate surface area is 91.7 Å². The van der Waals surface area contributed by atoms with Gasteiger partial charge in [-0.2, -0.15) is 0 Å². The van der Waals surface area contributed by atoms with E-state index in [0.717, 1.165) is 17.5 Å². The van der Waals surface area contributed by atoms with E-state index in [9.17, 15) is 9.59 Å². The minimum absolute atomic E-state index is 0.164. The maximum absolute atomic E-state index is 12.1. The Morgan fingerprint density at radius 1 is 1.31 bits per heavy atom. The van der Waals surface area contributed by atoms with Gasteiger partial charge < -0.3 is 0 Å². The Balaban J connectivity index is 2.64. The Morgan fingerprint density at radius 3 is 2.88 bits per heavy atom. The Bertz CT molecular complexity index is 694. The molecule has 0 saturated heterocycles. The van der Waals surface area contributed by atoms with Crippen molar-refractivity contribution in [3.8, 4) is 0 Å². The summed E-state index contributed by atoms with van der Waals surface area (Å²) in [6.07, 6.45) is 0.847. The number of hydrogen-bond donors (Lipinski definition) is 0. The molecule has 0 N–H and O–H groups in total. The minimum Gasteiger partial charge on any atom is -0.293 e. The second-order valence-corrected chi connectivity index (χ2v) is 4.05. The molecule has 4 nitrogen and oxygen atoms in total. The van der Waals surface area contributed by atoms with Gasteiger partial charge in [-0.25, -0.2) is 4.79 Å². The summed E-state index contributed by atoms with van der Waals surface area (Å²) >= 11 is 0. The molecule has 1 aromatic heterocycles. The van der Waals surface area contributed by atoms with E-state index in [0.29, 0.717) is 18.5 Å². The zero-order chi connectivity index (χ0) is 11.3. The molecule has 2 aromatic rings. The molecule has 0 unspecified atom stereocenters. The zero-order valence-corrected chi connectivity index (χ0v) is 9.06. The van der Waals surface area contributed by atoms with Gasteiger partial charge in [-0.1, -0.05) is 12.1 Å². The maximum atomic E-state index is 12.1. The summed E-state index contributed by atoms with van der Waals surface area (Å²) in [7, 11) is 0. The smallest absolute Gasteiger partial charge is 0.293 e. The van der Waals surface area contributed by atoms with E-state index in [-0.39, 0.29) is 11.2 Å². The van der Waals surface area contributed by atoms with Crippen LogP contribution >= 0.6 is 0 Å². The van der Waals surface area contributed by atoms with Crippen molar-refractivity contribution in [2.45, 2.75) is 26.4 Å². The quantitative estimate of drug-likeness (QED) is 0.705. The van der Waals surface area contributed by atoms with Gasteiger partial charge in [0, 0.05) is 13.1 Å². The minimum atomic E-state index is -0.176. The lowest BCUT2D eigenvalue weighted by molar-refractivity contribution is 0.609. The molecule has 0 saturated carbocycles. The highest BCUT2D eigenvalue weighted by atomic mass is 16.2. The summed E-state index contributed by atoms with van der Waals surface area (Å²) < 4.78 is 3.02. The summed E-state index contributed by atoms with van der Waals surface area (Å²) in [6, 6.07) is 5.68. The Kier molecular flexibility index (Phi) is 1.80. The molecule has 82 valence electrons. The van der Waals surface area contributed by atoms with Crippen molar-refractivity contribution in [1.82, 2.24) is 9.13 Å². The van der Waals surface area contributed by atoms with Crippen molar-refractivity contribution in [1.29, 1.82) is 0 Å². The molecule has 1 aliphatic rings. The van der Waals surface area contributed by atoms with Crippen LogP contribution in [0.2, 0.25) is 0 Å². The molecule has 0 aliphatic carbocycles. The number of nitrogens with zero attached hydrogens (tertiary/aromatic N) is 2. The summed E-state index contributed by atoms with van der Waals surface area (Å²) in [6.45, 7) is 2.94. The van der Waals surface area contributed by atoms with Crippen LogP contribution in [0.5, 0.6) is 0 Å². The van der Waals surface area contributed by atoms with Crippen molar-refractivity contribution in [2.24, 2.45) is 0 Å². The topological polar surface area (TPSA) is 44.0 Å². The number of hydrogen-bond acceptors (Lipinski definition) is 2. The van der Waals surface area contributed by atoms with Crippen LogP contribution in [0.25, 0.3) is 10.9 Å². The van der Waals surface area contributed by atoms with Gasteiger partial charge in [0.25, 0.3) is 5.56 Å². The largest absolute Gasteiger partial charge is 0.331 e. The summed E-state index contributed by atoms with van der Waals surface area (Å²) in [5, 5.41) is 0.663. The van der Waals surface area contributed by atoms with Gasteiger partial charge in [0.05, 0.1) is 10.9 Å². The normalized spacial score (nSPS) is 13.6. The molecule has 4 heteroatoms. The number of aryl methyl sites for hydroxylation is 2. The Morgan fingerprint density at radius 2 is 2.12 bits per heavy atom. The average Bonchev–Trinajstić information content (AvgIpc) is 2.72. The molecule has 0 atom stereocenters. The molecule has 0 fully saturated rings. The summed E-state index contributed by atoms with van der Waals surface area (Å²) in [5.74, 6) is 0. The van der Waals surface area contributed by atoms with Gasteiger partial charge >= 0.3 is 5.69 Å². The third-order valence-electron chi connectivity index (χ3n) is 3.25. The lowest BCUT2D eigenvalue weighted by Gasteiger charge is -2.07. The fourth-order valence-corrected chi connectivity index (χ4v) is 2.48. The van der Waals surface area contributed by atoms with Crippen LogP contribution in [0.3, 0.4) is 0 Å². The number of rotatable bonds is 1. The van der Waals surface area contributed by atoms with Crippen molar-refractivity contribution >= 4 is 10.9 Å². The van der Waals surface area contributed by atoms with Gasteiger partial charge in [0.2, 0.25) is 0 Å². The first-order valence-electron chi connectivity index (χ1n) is 5.49. The molecule has 0 amide bonds. The van der Waals surface area contributed by atoms with E-state index in [1.165, 1.54) is 4.57 Å². The van der Waals surface area contributed by atoms with Crippen molar-refractivity contribution in [2.75, 3.05) is 0 Å². The standard InChI is InChI=1S/C12H12N2O2/c1-2-13-11(15)9-5-3-4-8-6-7-14(10(8)9)12(13)16/h3-5H,2,6-7H2,1H3. The monoisotopic (exact) mass is 216 g/mol. The van der Waals surface area contributed by atoms with E-state index < -0.39 is 0 Å². The third kappa shape index (κ3) is 0.988. The van der Waals surface area contributed by atoms with Gasteiger partial charge in [0.15, 0.2) is 0 Å². The molecule has 0 spiro atoms. The van der Waals surface area contributed by atoms with E-state index in [1.54, 1.807) is 10.6 Å². The molecular formula is C12H12N2O2. The molecule has 1 aliphatic heterocycles. The van der Waals surface area contributed by atoms with Gasteiger partial charge in [0.1, 0.15) is 0 Å². The van der Waals surface area contributed by atoms with Gasteiger partial charge in [-0.05, 0) is 25.0 Å². The van der Waals surface area contributed by atoms with Crippen molar-refractivity contribution in [3.05, 3.63) is 44.6 Å². The molecule has 1 aromatic carbocycles. The lowest BCUT2D eigenvalue weighted by Crippen LogP contribution is -2.38. The molecule has 3 rings (SSSR count). The number of aromatic nitrogens is 2. The van der Waals surface area contributed by atoms with Crippen LogP contribution in [0, 0.1) is 0 Å². The van der Waals surface area contributed by atoms with E-state index >= 15 is 0 Å². The van der Waals surface area contributed by atoms with Gasteiger partial charge in [-0.15, -0.1) is 0 Å². The first kappa shape index (κ1) is 9.39. The molecular weight excluding hydrogens is 204 g/mol. The average molecular weight is 216 g/mol. The fraction of sp³-hybridized carbons (Fsp3) is 0.333. The van der Waals surface area contributed by atoms with Crippen LogP contribution < -0.4 is 11.2 Å². The van der Waals surface area contributed by atoms with E-state index in [1.807, 2.05) is 19.1 Å². The van der Waals surface area contributed by atoms with Crippen LogP contribution in [0.15, 0.2) is 27.8 Å². The first-order valence-corrected chi connectivity index (χ1v) is 5.49. The summed E-state index contributed by atoms with van der Waals surface area (Å²) in [5.41, 5.74) is 1.60.